The SMILES string of the molecule is CC/C=C\C/C=C\C/C=C\C/C=C\C/C=C\C/C=C\CCC(=O)OCC(COP(=O)(O)OCC(O)COP(=O)(O)OCC(COC(=O)CCCCCCC/C=C\C/C=C\C/C=C\CC)OC(=O)CCCCCCCCCCCCC)OC(=O)CCCCCCCCC/C=C\C/C=C\C/C=C\CC. The van der Waals surface area contributed by atoms with Crippen molar-refractivity contribution in [3.8, 4) is 0 Å². The van der Waals surface area contributed by atoms with Crippen LogP contribution in [-0.2, 0) is 65.4 Å². The maximum Gasteiger partial charge on any atom is 0.472 e. The van der Waals surface area contributed by atoms with E-state index >= 15 is 0 Å². The summed E-state index contributed by atoms with van der Waals surface area (Å²) >= 11 is 0. The molecule has 0 aliphatic rings. The highest BCUT2D eigenvalue weighted by molar-refractivity contribution is 7.47. The van der Waals surface area contributed by atoms with Gasteiger partial charge in [0.05, 0.1) is 26.4 Å². The Morgan fingerprint density at radius 2 is 0.529 bits per heavy atom. The molecule has 0 saturated heterocycles. The predicted molar refractivity (Wildman–Crippen MR) is 417 cm³/mol. The van der Waals surface area contributed by atoms with Gasteiger partial charge in [0.25, 0.3) is 0 Å². The van der Waals surface area contributed by atoms with Crippen LogP contribution in [0.1, 0.15) is 297 Å². The zero-order valence-electron chi connectivity index (χ0n) is 63.5. The molecule has 0 spiro atoms. The second-order valence-electron chi connectivity index (χ2n) is 25.5. The second kappa shape index (κ2) is 74.2. The van der Waals surface area contributed by atoms with Gasteiger partial charge < -0.3 is 33.8 Å². The molecule has 5 atom stereocenters. The van der Waals surface area contributed by atoms with Crippen LogP contribution in [0.15, 0.2) is 146 Å². The Hall–Kier alpha value is -5.06. The lowest BCUT2D eigenvalue weighted by Gasteiger charge is -2.21. The van der Waals surface area contributed by atoms with Crippen molar-refractivity contribution in [1.29, 1.82) is 0 Å². The van der Waals surface area contributed by atoms with E-state index in [1.165, 1.54) is 38.5 Å². The number of ether oxygens (including phenoxy) is 4. The molecule has 3 N–H and O–H groups in total. The van der Waals surface area contributed by atoms with E-state index in [4.69, 9.17) is 37.0 Å². The van der Waals surface area contributed by atoms with Crippen molar-refractivity contribution in [2.75, 3.05) is 39.6 Å². The largest absolute Gasteiger partial charge is 0.472 e. The minimum atomic E-state index is -5.00. The molecule has 19 heteroatoms. The first-order chi connectivity index (χ1) is 49.7. The fraction of sp³-hybridized carbons (Fsp3) is 0.663. The number of aliphatic hydroxyl groups is 1. The normalized spacial score (nSPS) is 14.7. The third kappa shape index (κ3) is 73.3. The molecule has 17 nitrogen and oxygen atoms in total. The van der Waals surface area contributed by atoms with Crippen LogP contribution >= 0.6 is 15.6 Å². The Kier molecular flexibility index (Phi) is 70.5. The van der Waals surface area contributed by atoms with E-state index in [1.54, 1.807) is 0 Å². The van der Waals surface area contributed by atoms with Crippen molar-refractivity contribution in [1.82, 2.24) is 0 Å². The summed E-state index contributed by atoms with van der Waals surface area (Å²) < 4.78 is 68.4. The van der Waals surface area contributed by atoms with Crippen molar-refractivity contribution in [3.63, 3.8) is 0 Å². The van der Waals surface area contributed by atoms with Crippen molar-refractivity contribution in [3.05, 3.63) is 146 Å². The standard InChI is InChI=1S/C83H138O17P2/c1-5-9-13-17-21-25-29-32-35-37-38-40-42-45-49-52-56-60-64-68-81(86)94-74-79(100-83(88)70-66-62-58-54-50-46-43-39-36-33-30-26-22-18-14-10-6-2)76-98-102(91,92)96-72-77(84)71-95-101(89,90)97-75-78(99-82(87)69-65-61-57-53-47-28-24-20-16-12-8-4)73-93-80(85)67-63-59-55-51-48-44-41-34-31-27-23-19-15-11-7-3/h9-11,13-15,21-23,25-27,32-36,38,40-41,45,49,56,60,77-79,84H,5-8,12,16-20,24,28-31,37,39,42-44,46-48,50-55,57-59,61-76H2,1-4H3,(H,89,90)(H,91,92)/b13-9-,14-10-,15-11-,25-21-,26-22-,27-23-,35-32-,36-33-,40-38-,41-34-,49-45-,60-56-. The monoisotopic (exact) mass is 1470 g/mol. The Bertz CT molecular complexity index is 2510. The van der Waals surface area contributed by atoms with Gasteiger partial charge in [0.15, 0.2) is 12.2 Å². The Balaban J connectivity index is 5.42. The van der Waals surface area contributed by atoms with E-state index in [0.717, 1.165) is 173 Å². The zero-order chi connectivity index (χ0) is 74.6. The van der Waals surface area contributed by atoms with Crippen LogP contribution in [0, 0.1) is 0 Å². The molecule has 0 heterocycles. The molecule has 0 rings (SSSR count). The number of phosphoric ester groups is 2. The zero-order valence-corrected chi connectivity index (χ0v) is 65.3. The minimum Gasteiger partial charge on any atom is -0.462 e. The second-order valence-corrected chi connectivity index (χ2v) is 28.4. The molecule has 582 valence electrons. The fourth-order valence-electron chi connectivity index (χ4n) is 9.98. The van der Waals surface area contributed by atoms with Gasteiger partial charge in [-0.05, 0) is 128 Å². The molecule has 5 unspecified atom stereocenters. The van der Waals surface area contributed by atoms with E-state index in [2.05, 4.69) is 155 Å². The summed E-state index contributed by atoms with van der Waals surface area (Å²) in [5.74, 6) is -2.30. The summed E-state index contributed by atoms with van der Waals surface area (Å²) in [6.45, 7) is 4.41. The number of unbranched alkanes of at least 4 members (excludes halogenated alkanes) is 22. The summed E-state index contributed by atoms with van der Waals surface area (Å²) in [5, 5.41) is 10.6. The summed E-state index contributed by atoms with van der Waals surface area (Å²) in [4.78, 5) is 72.9. The molecule has 0 aliphatic heterocycles. The first-order valence-corrected chi connectivity index (χ1v) is 42.1. The number of aliphatic hydroxyl groups excluding tert-OH is 1. The summed E-state index contributed by atoms with van der Waals surface area (Å²) in [7, 11) is -9.98. The van der Waals surface area contributed by atoms with Crippen LogP contribution in [0.4, 0.5) is 0 Å². The molecule has 0 bridgehead atoms. The molecule has 0 saturated carbocycles. The lowest BCUT2D eigenvalue weighted by molar-refractivity contribution is -0.161. The minimum absolute atomic E-state index is 0.0300. The van der Waals surface area contributed by atoms with Crippen LogP contribution in [0.25, 0.3) is 0 Å². The molecule has 102 heavy (non-hydrogen) atoms. The number of carbonyl (C=O) groups is 4. The quantitative estimate of drug-likeness (QED) is 0.0169. The van der Waals surface area contributed by atoms with E-state index in [1.807, 2.05) is 18.2 Å². The van der Waals surface area contributed by atoms with Gasteiger partial charge in [-0.25, -0.2) is 9.13 Å². The van der Waals surface area contributed by atoms with E-state index < -0.39 is 97.5 Å². The fourth-order valence-corrected chi connectivity index (χ4v) is 11.6. The van der Waals surface area contributed by atoms with Gasteiger partial charge in [-0.3, -0.25) is 37.3 Å². The smallest absolute Gasteiger partial charge is 0.462 e. The van der Waals surface area contributed by atoms with Crippen LogP contribution in [-0.4, -0.2) is 96.7 Å². The maximum absolute atomic E-state index is 13.1. The van der Waals surface area contributed by atoms with Crippen molar-refractivity contribution < 1.29 is 80.2 Å². The number of rotatable bonds is 72. The number of carbonyl (C=O) groups excluding carboxylic acids is 4. The third-order valence-corrected chi connectivity index (χ3v) is 17.7. The number of phosphoric acid groups is 2. The lowest BCUT2D eigenvalue weighted by Crippen LogP contribution is -2.30. The van der Waals surface area contributed by atoms with Crippen LogP contribution in [0.2, 0.25) is 0 Å². The first kappa shape index (κ1) is 96.9. The van der Waals surface area contributed by atoms with Crippen LogP contribution < -0.4 is 0 Å². The van der Waals surface area contributed by atoms with Crippen LogP contribution in [0.5, 0.6) is 0 Å². The van der Waals surface area contributed by atoms with E-state index in [-0.39, 0.29) is 25.7 Å². The topological polar surface area (TPSA) is 237 Å². The highest BCUT2D eigenvalue weighted by Gasteiger charge is 2.30. The van der Waals surface area contributed by atoms with Crippen molar-refractivity contribution in [2.24, 2.45) is 0 Å². The number of allylic oxidation sites excluding steroid dienone is 24. The van der Waals surface area contributed by atoms with Gasteiger partial charge in [0, 0.05) is 25.7 Å². The number of esters is 4. The van der Waals surface area contributed by atoms with Gasteiger partial charge in [0.2, 0.25) is 0 Å². The maximum atomic E-state index is 13.1. The van der Waals surface area contributed by atoms with Gasteiger partial charge >= 0.3 is 39.5 Å². The van der Waals surface area contributed by atoms with E-state index in [0.29, 0.717) is 32.1 Å². The molecule has 0 aromatic rings. The molecule has 0 amide bonds. The summed E-state index contributed by atoms with van der Waals surface area (Å²) in [6.07, 6.45) is 84.2. The molecule has 0 aromatic heterocycles. The van der Waals surface area contributed by atoms with Gasteiger partial charge in [-0.15, -0.1) is 0 Å². The Morgan fingerprint density at radius 3 is 0.843 bits per heavy atom. The van der Waals surface area contributed by atoms with Gasteiger partial charge in [0.1, 0.15) is 19.3 Å². The molecule has 0 radical (unpaired) electrons. The highest BCUT2D eigenvalue weighted by Crippen LogP contribution is 2.45. The molecular weight excluding hydrogens is 1330 g/mol. The number of hydrogen-bond donors (Lipinski definition) is 3. The van der Waals surface area contributed by atoms with Gasteiger partial charge in [-0.1, -0.05) is 289 Å². The Morgan fingerprint density at radius 1 is 0.284 bits per heavy atom. The molecule has 0 aromatic carbocycles. The predicted octanol–water partition coefficient (Wildman–Crippen LogP) is 22.7. The average Bonchev–Trinajstić information content (AvgIpc) is 0.921. The first-order valence-electron chi connectivity index (χ1n) is 39.1. The van der Waals surface area contributed by atoms with Crippen molar-refractivity contribution in [2.45, 2.75) is 316 Å². The average molecular weight is 1470 g/mol. The lowest BCUT2D eigenvalue weighted by atomic mass is 10.1. The highest BCUT2D eigenvalue weighted by atomic mass is 31.2. The van der Waals surface area contributed by atoms with Crippen molar-refractivity contribution >= 4 is 39.5 Å². The molecular formula is C83H138O17P2. The summed E-state index contributed by atoms with van der Waals surface area (Å²) in [6, 6.07) is 0. The van der Waals surface area contributed by atoms with Crippen LogP contribution in [0.3, 0.4) is 0 Å². The third-order valence-electron chi connectivity index (χ3n) is 15.8. The molecule has 0 aliphatic carbocycles. The Labute approximate surface area is 617 Å². The van der Waals surface area contributed by atoms with Gasteiger partial charge in [-0.2, -0.15) is 0 Å². The summed E-state index contributed by atoms with van der Waals surface area (Å²) in [5.41, 5.74) is 0. The number of hydrogen-bond acceptors (Lipinski definition) is 15. The van der Waals surface area contributed by atoms with E-state index in [9.17, 15) is 43.2 Å². The molecule has 0 fully saturated rings.